The van der Waals surface area contributed by atoms with Gasteiger partial charge in [-0.2, -0.15) is 0 Å². The lowest BCUT2D eigenvalue weighted by atomic mass is 9.91. The van der Waals surface area contributed by atoms with Gasteiger partial charge in [0.2, 0.25) is 0 Å². The van der Waals surface area contributed by atoms with Crippen molar-refractivity contribution in [1.29, 1.82) is 0 Å². The van der Waals surface area contributed by atoms with Crippen molar-refractivity contribution in [3.05, 3.63) is 0 Å². The first kappa shape index (κ1) is 12.9. The molecular weight excluding hydrogens is 188 g/mol. The van der Waals surface area contributed by atoms with Crippen molar-refractivity contribution >= 4 is 0 Å². The second-order valence-electron chi connectivity index (χ2n) is 4.76. The third-order valence-corrected chi connectivity index (χ3v) is 3.44. The van der Waals surface area contributed by atoms with E-state index in [1.54, 1.807) is 0 Å². The predicted molar refractivity (Wildman–Crippen MR) is 63.4 cm³/mol. The average molecular weight is 214 g/mol. The minimum Gasteiger partial charge on any atom is -0.378 e. The summed E-state index contributed by atoms with van der Waals surface area (Å²) in [5, 5.41) is 0. The molecular formula is C12H26N2O. The van der Waals surface area contributed by atoms with E-state index in [2.05, 4.69) is 19.3 Å². The van der Waals surface area contributed by atoms with Crippen LogP contribution >= 0.6 is 0 Å². The summed E-state index contributed by atoms with van der Waals surface area (Å²) < 4.78 is 5.74. The fourth-order valence-electron chi connectivity index (χ4n) is 2.40. The fraction of sp³-hybridized carbons (Fsp3) is 1.00. The standard InChI is InChI=1S/C12H26N2O/c1-3-6-10(2)12(14-13)9-11-7-4-5-8-15-11/h10-12,14H,3-9,13H2,1-2H3. The molecule has 0 bridgehead atoms. The molecule has 0 aliphatic carbocycles. The maximum Gasteiger partial charge on any atom is 0.0590 e. The quantitative estimate of drug-likeness (QED) is 0.526. The maximum absolute atomic E-state index is 5.74. The molecule has 3 nitrogen and oxygen atoms in total. The SMILES string of the molecule is CCCC(C)C(CC1CCCCO1)NN. The van der Waals surface area contributed by atoms with E-state index in [1.807, 2.05) is 0 Å². The Labute approximate surface area is 93.7 Å². The third-order valence-electron chi connectivity index (χ3n) is 3.44. The largest absolute Gasteiger partial charge is 0.378 e. The van der Waals surface area contributed by atoms with E-state index in [0.717, 1.165) is 13.0 Å². The molecule has 3 atom stereocenters. The topological polar surface area (TPSA) is 47.3 Å². The molecule has 0 amide bonds. The Bertz CT molecular complexity index is 158. The van der Waals surface area contributed by atoms with Crippen LogP contribution in [0.2, 0.25) is 0 Å². The van der Waals surface area contributed by atoms with Gasteiger partial charge in [-0.1, -0.05) is 20.3 Å². The first-order valence-corrected chi connectivity index (χ1v) is 6.35. The smallest absolute Gasteiger partial charge is 0.0590 e. The Morgan fingerprint density at radius 2 is 2.27 bits per heavy atom. The minimum absolute atomic E-state index is 0.410. The van der Waals surface area contributed by atoms with E-state index in [0.29, 0.717) is 18.1 Å². The first-order valence-electron chi connectivity index (χ1n) is 6.35. The van der Waals surface area contributed by atoms with Crippen LogP contribution in [0.4, 0.5) is 0 Å². The highest BCUT2D eigenvalue weighted by atomic mass is 16.5. The molecule has 1 saturated heterocycles. The summed E-state index contributed by atoms with van der Waals surface area (Å²) in [5.74, 6) is 6.26. The summed E-state index contributed by atoms with van der Waals surface area (Å²) in [5.41, 5.74) is 2.95. The molecule has 0 aromatic carbocycles. The van der Waals surface area contributed by atoms with Crippen LogP contribution in [0.15, 0.2) is 0 Å². The molecule has 3 N–H and O–H groups in total. The second-order valence-corrected chi connectivity index (χ2v) is 4.76. The predicted octanol–water partition coefficient (Wildman–Crippen LogP) is 2.21. The molecule has 0 saturated carbocycles. The summed E-state index contributed by atoms with van der Waals surface area (Å²) in [6.07, 6.45) is 7.70. The van der Waals surface area contributed by atoms with Crippen LogP contribution < -0.4 is 11.3 Å². The normalized spacial score (nSPS) is 26.2. The van der Waals surface area contributed by atoms with Crippen LogP contribution in [-0.4, -0.2) is 18.8 Å². The fourth-order valence-corrected chi connectivity index (χ4v) is 2.40. The molecule has 1 rings (SSSR count). The molecule has 0 spiro atoms. The number of hydrazine groups is 1. The molecule has 3 unspecified atom stereocenters. The molecule has 0 aromatic rings. The second kappa shape index (κ2) is 7.20. The molecule has 0 aromatic heterocycles. The van der Waals surface area contributed by atoms with Crippen molar-refractivity contribution in [3.8, 4) is 0 Å². The molecule has 1 aliphatic rings. The Morgan fingerprint density at radius 3 is 2.80 bits per heavy atom. The van der Waals surface area contributed by atoms with Crippen molar-refractivity contribution in [1.82, 2.24) is 5.43 Å². The lowest BCUT2D eigenvalue weighted by molar-refractivity contribution is 0.00133. The molecule has 0 radical (unpaired) electrons. The zero-order valence-corrected chi connectivity index (χ0v) is 10.2. The van der Waals surface area contributed by atoms with E-state index in [1.165, 1.54) is 32.1 Å². The number of rotatable bonds is 6. The number of ether oxygens (including phenoxy) is 1. The van der Waals surface area contributed by atoms with Gasteiger partial charge in [-0.15, -0.1) is 0 Å². The Kier molecular flexibility index (Phi) is 6.22. The maximum atomic E-state index is 5.74. The summed E-state index contributed by atoms with van der Waals surface area (Å²) in [6.45, 7) is 5.43. The summed E-state index contributed by atoms with van der Waals surface area (Å²) >= 11 is 0. The average Bonchev–Trinajstić information content (AvgIpc) is 2.27. The van der Waals surface area contributed by atoms with Crippen LogP contribution in [-0.2, 0) is 4.74 Å². The molecule has 90 valence electrons. The first-order chi connectivity index (χ1) is 7.27. The molecule has 3 heteroatoms. The zero-order chi connectivity index (χ0) is 11.1. The van der Waals surface area contributed by atoms with Crippen molar-refractivity contribution in [3.63, 3.8) is 0 Å². The van der Waals surface area contributed by atoms with Gasteiger partial charge in [-0.05, 0) is 38.0 Å². The van der Waals surface area contributed by atoms with Crippen LogP contribution in [0.25, 0.3) is 0 Å². The van der Waals surface area contributed by atoms with Crippen molar-refractivity contribution in [2.75, 3.05) is 6.61 Å². The van der Waals surface area contributed by atoms with Gasteiger partial charge in [0.25, 0.3) is 0 Å². The van der Waals surface area contributed by atoms with Crippen molar-refractivity contribution < 1.29 is 4.74 Å². The highest BCUT2D eigenvalue weighted by Gasteiger charge is 2.22. The van der Waals surface area contributed by atoms with Crippen molar-refractivity contribution in [2.24, 2.45) is 11.8 Å². The van der Waals surface area contributed by atoms with E-state index < -0.39 is 0 Å². The van der Waals surface area contributed by atoms with Gasteiger partial charge in [-0.3, -0.25) is 11.3 Å². The van der Waals surface area contributed by atoms with E-state index in [-0.39, 0.29) is 0 Å². The lowest BCUT2D eigenvalue weighted by Gasteiger charge is -2.29. The van der Waals surface area contributed by atoms with Crippen molar-refractivity contribution in [2.45, 2.75) is 64.5 Å². The monoisotopic (exact) mass is 214 g/mol. The van der Waals surface area contributed by atoms with E-state index in [4.69, 9.17) is 10.6 Å². The minimum atomic E-state index is 0.410. The summed E-state index contributed by atoms with van der Waals surface area (Å²) in [4.78, 5) is 0. The highest BCUT2D eigenvalue weighted by Crippen LogP contribution is 2.21. The van der Waals surface area contributed by atoms with Gasteiger partial charge < -0.3 is 4.74 Å². The van der Waals surface area contributed by atoms with Gasteiger partial charge >= 0.3 is 0 Å². The number of hydrogen-bond donors (Lipinski definition) is 2. The number of hydrogen-bond acceptors (Lipinski definition) is 3. The Morgan fingerprint density at radius 1 is 1.47 bits per heavy atom. The summed E-state index contributed by atoms with van der Waals surface area (Å²) in [6, 6.07) is 0.410. The van der Waals surface area contributed by atoms with Crippen LogP contribution in [0.1, 0.15) is 52.4 Å². The van der Waals surface area contributed by atoms with Gasteiger partial charge in [0.1, 0.15) is 0 Å². The highest BCUT2D eigenvalue weighted by molar-refractivity contribution is 4.76. The number of nitrogens with one attached hydrogen (secondary N) is 1. The van der Waals surface area contributed by atoms with Gasteiger partial charge in [0.05, 0.1) is 6.10 Å². The van der Waals surface area contributed by atoms with Crippen LogP contribution in [0.3, 0.4) is 0 Å². The Hall–Kier alpha value is -0.120. The Balaban J connectivity index is 2.30. The van der Waals surface area contributed by atoms with Crippen LogP contribution in [0, 0.1) is 5.92 Å². The molecule has 1 aliphatic heterocycles. The lowest BCUT2D eigenvalue weighted by Crippen LogP contribution is -2.43. The third kappa shape index (κ3) is 4.49. The number of nitrogens with two attached hydrogens (primary N) is 1. The van der Waals surface area contributed by atoms with E-state index >= 15 is 0 Å². The molecule has 1 fully saturated rings. The van der Waals surface area contributed by atoms with Gasteiger partial charge in [0.15, 0.2) is 0 Å². The van der Waals surface area contributed by atoms with Crippen LogP contribution in [0.5, 0.6) is 0 Å². The zero-order valence-electron chi connectivity index (χ0n) is 10.2. The van der Waals surface area contributed by atoms with Gasteiger partial charge in [-0.25, -0.2) is 0 Å². The molecule has 15 heavy (non-hydrogen) atoms. The molecule has 1 heterocycles. The van der Waals surface area contributed by atoms with Gasteiger partial charge in [0, 0.05) is 12.6 Å². The summed E-state index contributed by atoms with van der Waals surface area (Å²) in [7, 11) is 0. The van der Waals surface area contributed by atoms with E-state index in [9.17, 15) is 0 Å².